The van der Waals surface area contributed by atoms with Crippen LogP contribution in [-0.2, 0) is 11.2 Å². The molecule has 3 aromatic carbocycles. The Labute approximate surface area is 217 Å². The maximum Gasteiger partial charge on any atom is 0.263 e. The minimum Gasteiger partial charge on any atom is -0.481 e. The molecular formula is C31H24N4O3. The average Bonchev–Trinajstić information content (AvgIpc) is 3.51. The number of hydrogen-bond donors (Lipinski definition) is 2. The molecule has 38 heavy (non-hydrogen) atoms. The zero-order valence-corrected chi connectivity index (χ0v) is 20.7. The van der Waals surface area contributed by atoms with Crippen molar-refractivity contribution in [2.45, 2.75) is 19.4 Å². The zero-order chi connectivity index (χ0) is 25.8. The van der Waals surface area contributed by atoms with Gasteiger partial charge < -0.3 is 15.0 Å². The number of aromatic amines is 1. The number of carbonyl (C=O) groups excluding carboxylic acids is 1. The third-order valence-corrected chi connectivity index (χ3v) is 7.31. The molecule has 0 spiro atoms. The lowest BCUT2D eigenvalue weighted by molar-refractivity contribution is -0.127. The van der Waals surface area contributed by atoms with Crippen LogP contribution in [0.1, 0.15) is 12.5 Å². The van der Waals surface area contributed by atoms with Crippen LogP contribution in [0.25, 0.3) is 49.0 Å². The largest absolute Gasteiger partial charge is 0.481 e. The molecule has 0 radical (unpaired) electrons. The van der Waals surface area contributed by atoms with Gasteiger partial charge in [-0.05, 0) is 55.3 Å². The number of hydrogen-bond acceptors (Lipinski definition) is 4. The highest BCUT2D eigenvalue weighted by Crippen LogP contribution is 2.34. The second-order valence-electron chi connectivity index (χ2n) is 9.58. The number of nitrogens with one attached hydrogen (secondary N) is 2. The van der Waals surface area contributed by atoms with E-state index in [-0.39, 0.29) is 11.5 Å². The van der Waals surface area contributed by atoms with Gasteiger partial charge in [0.2, 0.25) is 0 Å². The second kappa shape index (κ2) is 8.59. The molecular weight excluding hydrogens is 476 g/mol. The van der Waals surface area contributed by atoms with Crippen molar-refractivity contribution in [3.8, 4) is 5.75 Å². The summed E-state index contributed by atoms with van der Waals surface area (Å²) in [4.78, 5) is 34.1. The summed E-state index contributed by atoms with van der Waals surface area (Å²) in [5.41, 5.74) is 4.56. The third kappa shape index (κ3) is 3.39. The van der Waals surface area contributed by atoms with Gasteiger partial charge in [0.25, 0.3) is 11.5 Å². The number of nitrogens with zero attached hydrogens (tertiary/aromatic N) is 2. The van der Waals surface area contributed by atoms with Gasteiger partial charge >= 0.3 is 0 Å². The fourth-order valence-corrected chi connectivity index (χ4v) is 5.48. The van der Waals surface area contributed by atoms with Crippen molar-refractivity contribution < 1.29 is 9.53 Å². The van der Waals surface area contributed by atoms with Gasteiger partial charge in [-0.25, -0.2) is 0 Å². The molecule has 0 saturated carbocycles. The lowest BCUT2D eigenvalue weighted by Gasteiger charge is -2.15. The van der Waals surface area contributed by atoms with E-state index in [0.29, 0.717) is 17.7 Å². The fourth-order valence-electron chi connectivity index (χ4n) is 5.48. The number of ether oxygens (including phenoxy) is 1. The zero-order valence-electron chi connectivity index (χ0n) is 20.7. The maximum absolute atomic E-state index is 13.4. The van der Waals surface area contributed by atoms with Gasteiger partial charge in [0, 0.05) is 51.4 Å². The maximum atomic E-state index is 13.4. The van der Waals surface area contributed by atoms with Crippen molar-refractivity contribution in [2.24, 2.45) is 0 Å². The van der Waals surface area contributed by atoms with E-state index in [0.717, 1.165) is 44.6 Å². The predicted molar refractivity (Wildman–Crippen MR) is 150 cm³/mol. The van der Waals surface area contributed by atoms with Gasteiger partial charge in [-0.15, -0.1) is 0 Å². The summed E-state index contributed by atoms with van der Waals surface area (Å²) < 4.78 is 7.78. The molecule has 0 aliphatic carbocycles. The Bertz CT molecular complexity index is 2060. The molecule has 7 rings (SSSR count). The fraction of sp³-hybridized carbons (Fsp3) is 0.129. The van der Waals surface area contributed by atoms with Crippen LogP contribution in [0.5, 0.6) is 5.75 Å². The van der Waals surface area contributed by atoms with Crippen molar-refractivity contribution in [1.29, 1.82) is 0 Å². The minimum absolute atomic E-state index is 0.0716. The molecule has 0 saturated heterocycles. The average molecular weight is 501 g/mol. The van der Waals surface area contributed by atoms with E-state index in [2.05, 4.69) is 21.4 Å². The smallest absolute Gasteiger partial charge is 0.263 e. The van der Waals surface area contributed by atoms with Crippen molar-refractivity contribution in [3.05, 3.63) is 101 Å². The Morgan fingerprint density at radius 3 is 2.63 bits per heavy atom. The highest BCUT2D eigenvalue weighted by atomic mass is 16.5. The molecule has 4 heterocycles. The molecule has 7 aromatic rings. The Morgan fingerprint density at radius 2 is 1.76 bits per heavy atom. The summed E-state index contributed by atoms with van der Waals surface area (Å²) >= 11 is 0. The Balaban J connectivity index is 1.15. The van der Waals surface area contributed by atoms with Gasteiger partial charge in [0.15, 0.2) is 6.10 Å². The van der Waals surface area contributed by atoms with Crippen LogP contribution in [0.3, 0.4) is 0 Å². The van der Waals surface area contributed by atoms with Crippen LogP contribution in [0.4, 0.5) is 0 Å². The van der Waals surface area contributed by atoms with Gasteiger partial charge in [-0.1, -0.05) is 36.4 Å². The SMILES string of the molecule is C[C@@H](Oc1ccc2c(c1)c1ccnc3c4ccccc4c(=O)n2c13)C(=O)NCCc1c[nH]c2ccccc12. The molecule has 0 fully saturated rings. The van der Waals surface area contributed by atoms with Crippen LogP contribution in [0.2, 0.25) is 0 Å². The third-order valence-electron chi connectivity index (χ3n) is 7.31. The number of amides is 1. The first-order valence-corrected chi connectivity index (χ1v) is 12.7. The van der Waals surface area contributed by atoms with Gasteiger partial charge in [-0.2, -0.15) is 0 Å². The summed E-state index contributed by atoms with van der Waals surface area (Å²) in [7, 11) is 0. The van der Waals surface area contributed by atoms with E-state index in [9.17, 15) is 9.59 Å². The number of benzene rings is 3. The van der Waals surface area contributed by atoms with Crippen molar-refractivity contribution in [1.82, 2.24) is 19.7 Å². The van der Waals surface area contributed by atoms with E-state index in [4.69, 9.17) is 4.74 Å². The molecule has 0 aliphatic rings. The number of fused-ring (bicyclic) bond motifs is 6. The summed E-state index contributed by atoms with van der Waals surface area (Å²) in [5.74, 6) is 0.390. The molecule has 4 aromatic heterocycles. The summed E-state index contributed by atoms with van der Waals surface area (Å²) in [6, 6.07) is 23.2. The van der Waals surface area contributed by atoms with E-state index in [1.165, 1.54) is 10.9 Å². The highest BCUT2D eigenvalue weighted by Gasteiger charge is 2.19. The lowest BCUT2D eigenvalue weighted by Crippen LogP contribution is -2.37. The quantitative estimate of drug-likeness (QED) is 0.307. The molecule has 7 nitrogen and oxygen atoms in total. The van der Waals surface area contributed by atoms with Crippen LogP contribution in [0, 0.1) is 0 Å². The molecule has 0 bridgehead atoms. The van der Waals surface area contributed by atoms with E-state index in [1.807, 2.05) is 66.9 Å². The number of carbonyl (C=O) groups is 1. The molecule has 2 N–H and O–H groups in total. The molecule has 0 aliphatic heterocycles. The standard InChI is InChI=1S/C31H24N4O3/c1-18(30(36)33-14-12-19-17-34-26-9-5-4-6-21(19)26)38-20-10-11-27-25(16-20)23-13-15-32-28-22-7-2-3-8-24(22)31(37)35(27)29(23)28/h2-11,13,15-18,34H,12,14H2,1H3,(H,33,36)/t18-/m1/s1. The van der Waals surface area contributed by atoms with Crippen molar-refractivity contribution in [3.63, 3.8) is 0 Å². The molecule has 7 heteroatoms. The first-order valence-electron chi connectivity index (χ1n) is 12.7. The number of pyridine rings is 2. The van der Waals surface area contributed by atoms with E-state index < -0.39 is 6.10 Å². The molecule has 1 atom stereocenters. The summed E-state index contributed by atoms with van der Waals surface area (Å²) in [5, 5.41) is 7.44. The molecule has 0 unspecified atom stereocenters. The number of aromatic nitrogens is 3. The normalized spacial score (nSPS) is 12.7. The lowest BCUT2D eigenvalue weighted by atomic mass is 10.1. The molecule has 1 amide bonds. The topological polar surface area (TPSA) is 88.5 Å². The van der Waals surface area contributed by atoms with Gasteiger partial charge in [-0.3, -0.25) is 19.0 Å². The van der Waals surface area contributed by atoms with Crippen LogP contribution in [-0.4, -0.2) is 32.9 Å². The van der Waals surface area contributed by atoms with Crippen LogP contribution >= 0.6 is 0 Å². The van der Waals surface area contributed by atoms with Crippen molar-refractivity contribution in [2.75, 3.05) is 6.54 Å². The minimum atomic E-state index is -0.678. The number of H-pyrrole nitrogens is 1. The van der Waals surface area contributed by atoms with Gasteiger partial charge in [0.05, 0.1) is 16.6 Å². The number of para-hydroxylation sites is 1. The Kier molecular flexibility index (Phi) is 5.04. The van der Waals surface area contributed by atoms with E-state index in [1.54, 1.807) is 23.6 Å². The van der Waals surface area contributed by atoms with Gasteiger partial charge in [0.1, 0.15) is 5.75 Å². The Hall–Kier alpha value is -4.91. The van der Waals surface area contributed by atoms with Crippen LogP contribution < -0.4 is 15.6 Å². The molecule has 186 valence electrons. The first kappa shape index (κ1) is 22.3. The van der Waals surface area contributed by atoms with E-state index >= 15 is 0 Å². The van der Waals surface area contributed by atoms with Crippen LogP contribution in [0.15, 0.2) is 90.0 Å². The monoisotopic (exact) mass is 500 g/mol. The van der Waals surface area contributed by atoms with Crippen molar-refractivity contribution >= 4 is 54.9 Å². The Morgan fingerprint density at radius 1 is 0.974 bits per heavy atom. The first-order chi connectivity index (χ1) is 18.6. The highest BCUT2D eigenvalue weighted by molar-refractivity contribution is 6.18. The summed E-state index contributed by atoms with van der Waals surface area (Å²) in [6.07, 6.45) is 3.80. The predicted octanol–water partition coefficient (Wildman–Crippen LogP) is 5.20. The summed E-state index contributed by atoms with van der Waals surface area (Å²) in [6.45, 7) is 2.25. The number of rotatable bonds is 6. The second-order valence-corrected chi connectivity index (χ2v) is 9.58.